The van der Waals surface area contributed by atoms with Crippen molar-refractivity contribution in [3.05, 3.63) is 17.3 Å². The van der Waals surface area contributed by atoms with Gasteiger partial charge in [0.15, 0.2) is 5.96 Å². The van der Waals surface area contributed by atoms with Crippen LogP contribution in [0.15, 0.2) is 9.41 Å². The third-order valence-corrected chi connectivity index (χ3v) is 7.32. The number of guanidine groups is 1. The molecule has 2 N–H and O–H groups in total. The standard InChI is InChI=1S/C23H40N6O/c1-17-18(2)30-22(26-17)16-28-11-8-19(9-12-28)14-25-23(24-3)27-20-10-13-29(15-20)21-6-4-5-7-21/h19-21H,4-16H2,1-3H3,(H2,24,25,27). The Labute approximate surface area is 181 Å². The van der Waals surface area contributed by atoms with E-state index in [0.717, 1.165) is 55.5 Å². The number of hydrogen-bond acceptors (Lipinski definition) is 5. The summed E-state index contributed by atoms with van der Waals surface area (Å²) in [6, 6.07) is 1.37. The van der Waals surface area contributed by atoms with Crippen LogP contribution in [0.25, 0.3) is 0 Å². The van der Waals surface area contributed by atoms with Crippen LogP contribution >= 0.6 is 0 Å². The van der Waals surface area contributed by atoms with Crippen LogP contribution in [-0.2, 0) is 6.54 Å². The summed E-state index contributed by atoms with van der Waals surface area (Å²) in [7, 11) is 1.89. The van der Waals surface area contributed by atoms with Crippen molar-refractivity contribution in [2.75, 3.05) is 39.8 Å². The predicted octanol–water partition coefficient (Wildman–Crippen LogP) is 2.69. The SMILES string of the molecule is CN=C(NCC1CCN(Cc2nc(C)c(C)o2)CC1)NC1CCN(C2CCCC2)C1. The molecule has 1 atom stereocenters. The fourth-order valence-corrected chi connectivity index (χ4v) is 5.28. The first-order valence-corrected chi connectivity index (χ1v) is 12.0. The summed E-state index contributed by atoms with van der Waals surface area (Å²) in [6.45, 7) is 10.5. The molecule has 0 aromatic carbocycles. The van der Waals surface area contributed by atoms with Gasteiger partial charge in [0.2, 0.25) is 5.89 Å². The minimum atomic E-state index is 0.534. The number of nitrogens with zero attached hydrogens (tertiary/aromatic N) is 4. The molecular weight excluding hydrogens is 376 g/mol. The minimum absolute atomic E-state index is 0.534. The molecule has 2 saturated heterocycles. The van der Waals surface area contributed by atoms with E-state index >= 15 is 0 Å². The number of aromatic nitrogens is 1. The molecule has 3 heterocycles. The van der Waals surface area contributed by atoms with E-state index in [1.54, 1.807) is 0 Å². The Morgan fingerprint density at radius 3 is 2.53 bits per heavy atom. The first-order valence-electron chi connectivity index (χ1n) is 12.0. The highest BCUT2D eigenvalue weighted by Crippen LogP contribution is 2.26. The van der Waals surface area contributed by atoms with Crippen LogP contribution in [0.4, 0.5) is 0 Å². The van der Waals surface area contributed by atoms with Crippen molar-refractivity contribution in [2.45, 2.75) is 77.4 Å². The summed E-state index contributed by atoms with van der Waals surface area (Å²) in [5, 5.41) is 7.27. The first kappa shape index (κ1) is 21.6. The molecule has 4 rings (SSSR count). The average molecular weight is 417 g/mol. The van der Waals surface area contributed by atoms with Gasteiger partial charge in [0, 0.05) is 38.8 Å². The summed E-state index contributed by atoms with van der Waals surface area (Å²) >= 11 is 0. The van der Waals surface area contributed by atoms with E-state index < -0.39 is 0 Å². The van der Waals surface area contributed by atoms with Crippen molar-refractivity contribution in [3.63, 3.8) is 0 Å². The van der Waals surface area contributed by atoms with E-state index in [9.17, 15) is 0 Å². The van der Waals surface area contributed by atoms with Gasteiger partial charge in [-0.15, -0.1) is 0 Å². The Kier molecular flexibility index (Phi) is 7.31. The van der Waals surface area contributed by atoms with Crippen molar-refractivity contribution < 1.29 is 4.42 Å². The molecule has 1 aromatic rings. The van der Waals surface area contributed by atoms with Crippen molar-refractivity contribution >= 4 is 5.96 Å². The maximum absolute atomic E-state index is 5.75. The van der Waals surface area contributed by atoms with Gasteiger partial charge >= 0.3 is 0 Å². The quantitative estimate of drug-likeness (QED) is 0.549. The maximum Gasteiger partial charge on any atom is 0.208 e. The first-order chi connectivity index (χ1) is 14.6. The van der Waals surface area contributed by atoms with Gasteiger partial charge in [-0.1, -0.05) is 12.8 Å². The van der Waals surface area contributed by atoms with E-state index in [-0.39, 0.29) is 0 Å². The Morgan fingerprint density at radius 2 is 1.87 bits per heavy atom. The lowest BCUT2D eigenvalue weighted by atomic mass is 9.97. The average Bonchev–Trinajstić information content (AvgIpc) is 3.49. The lowest BCUT2D eigenvalue weighted by Gasteiger charge is -2.31. The van der Waals surface area contributed by atoms with Crippen LogP contribution in [0.5, 0.6) is 0 Å². The summed E-state index contributed by atoms with van der Waals surface area (Å²) in [4.78, 5) is 14.2. The zero-order valence-electron chi connectivity index (χ0n) is 19.1. The second-order valence-corrected chi connectivity index (χ2v) is 9.48. The number of aliphatic imine (C=N–C) groups is 1. The van der Waals surface area contributed by atoms with Gasteiger partial charge in [0.05, 0.1) is 12.2 Å². The summed E-state index contributed by atoms with van der Waals surface area (Å²) in [5.41, 5.74) is 1.01. The molecule has 0 radical (unpaired) electrons. The van der Waals surface area contributed by atoms with Crippen LogP contribution in [0, 0.1) is 19.8 Å². The minimum Gasteiger partial charge on any atom is -0.444 e. The number of rotatable bonds is 6. The molecule has 3 aliphatic rings. The third-order valence-electron chi connectivity index (χ3n) is 7.32. The second-order valence-electron chi connectivity index (χ2n) is 9.48. The van der Waals surface area contributed by atoms with E-state index in [0.29, 0.717) is 12.0 Å². The highest BCUT2D eigenvalue weighted by atomic mass is 16.4. The van der Waals surface area contributed by atoms with Crippen LogP contribution in [-0.4, -0.2) is 72.6 Å². The molecule has 7 heteroatoms. The van der Waals surface area contributed by atoms with Crippen molar-refractivity contribution in [1.82, 2.24) is 25.4 Å². The van der Waals surface area contributed by atoms with E-state index in [4.69, 9.17) is 4.42 Å². The number of oxazole rings is 1. The number of aryl methyl sites for hydroxylation is 2. The number of hydrogen-bond donors (Lipinski definition) is 2. The highest BCUT2D eigenvalue weighted by molar-refractivity contribution is 5.80. The maximum atomic E-state index is 5.75. The molecule has 7 nitrogen and oxygen atoms in total. The molecule has 3 fully saturated rings. The van der Waals surface area contributed by atoms with Gasteiger partial charge in [-0.3, -0.25) is 14.8 Å². The van der Waals surface area contributed by atoms with E-state index in [1.165, 1.54) is 58.0 Å². The Bertz CT molecular complexity index is 683. The van der Waals surface area contributed by atoms with Crippen LogP contribution in [0.2, 0.25) is 0 Å². The van der Waals surface area contributed by atoms with Crippen LogP contribution in [0.1, 0.15) is 62.3 Å². The molecule has 2 aliphatic heterocycles. The Morgan fingerprint density at radius 1 is 1.10 bits per heavy atom. The fourth-order valence-electron chi connectivity index (χ4n) is 5.28. The monoisotopic (exact) mass is 416 g/mol. The molecule has 168 valence electrons. The third kappa shape index (κ3) is 5.55. The molecule has 0 amide bonds. The normalized spacial score (nSPS) is 25.3. The largest absolute Gasteiger partial charge is 0.444 e. The zero-order chi connectivity index (χ0) is 20.9. The molecule has 30 heavy (non-hydrogen) atoms. The summed E-state index contributed by atoms with van der Waals surface area (Å²) in [5.74, 6) is 3.47. The highest BCUT2D eigenvalue weighted by Gasteiger charge is 2.30. The fraction of sp³-hybridized carbons (Fsp3) is 0.826. The van der Waals surface area contributed by atoms with E-state index in [1.807, 2.05) is 20.9 Å². The molecule has 1 aromatic heterocycles. The molecule has 1 unspecified atom stereocenters. The van der Waals surface area contributed by atoms with Gasteiger partial charge in [0.25, 0.3) is 0 Å². The van der Waals surface area contributed by atoms with Gasteiger partial charge in [-0.05, 0) is 65.0 Å². The smallest absolute Gasteiger partial charge is 0.208 e. The topological polar surface area (TPSA) is 68.9 Å². The Balaban J connectivity index is 1.15. The van der Waals surface area contributed by atoms with Gasteiger partial charge in [-0.25, -0.2) is 4.98 Å². The zero-order valence-corrected chi connectivity index (χ0v) is 19.1. The number of likely N-dealkylation sites (tertiary alicyclic amines) is 2. The summed E-state index contributed by atoms with van der Waals surface area (Å²) in [6.07, 6.45) is 9.27. The second kappa shape index (κ2) is 10.1. The molecule has 0 spiro atoms. The van der Waals surface area contributed by atoms with Crippen molar-refractivity contribution in [2.24, 2.45) is 10.9 Å². The molecule has 1 aliphatic carbocycles. The number of piperidine rings is 1. The van der Waals surface area contributed by atoms with Crippen molar-refractivity contribution in [3.8, 4) is 0 Å². The molecule has 1 saturated carbocycles. The van der Waals surface area contributed by atoms with Crippen molar-refractivity contribution in [1.29, 1.82) is 0 Å². The number of nitrogens with one attached hydrogen (secondary N) is 2. The Hall–Kier alpha value is -1.60. The lowest BCUT2D eigenvalue weighted by Crippen LogP contribution is -2.47. The lowest BCUT2D eigenvalue weighted by molar-refractivity contribution is 0.164. The van der Waals surface area contributed by atoms with Gasteiger partial charge in [-0.2, -0.15) is 0 Å². The van der Waals surface area contributed by atoms with Crippen LogP contribution < -0.4 is 10.6 Å². The van der Waals surface area contributed by atoms with Crippen LogP contribution in [0.3, 0.4) is 0 Å². The van der Waals surface area contributed by atoms with E-state index in [2.05, 4.69) is 30.4 Å². The molecular formula is C23H40N6O. The predicted molar refractivity (Wildman–Crippen MR) is 121 cm³/mol. The summed E-state index contributed by atoms with van der Waals surface area (Å²) < 4.78 is 5.75. The van der Waals surface area contributed by atoms with Gasteiger partial charge in [0.1, 0.15) is 5.76 Å². The van der Waals surface area contributed by atoms with Gasteiger partial charge < -0.3 is 15.1 Å². The molecule has 0 bridgehead atoms.